The fraction of sp³-hybridized carbons (Fsp3) is 0.364. The van der Waals surface area contributed by atoms with Gasteiger partial charge in [-0.15, -0.1) is 0 Å². The van der Waals surface area contributed by atoms with Crippen molar-refractivity contribution in [3.8, 4) is 5.75 Å². The highest BCUT2D eigenvalue weighted by Crippen LogP contribution is 2.36. The van der Waals surface area contributed by atoms with Gasteiger partial charge in [0.15, 0.2) is 5.78 Å². The monoisotopic (exact) mass is 248 g/mol. The molecular weight excluding hydrogens is 238 g/mol. The first kappa shape index (κ1) is 12.9. The fourth-order valence-corrected chi connectivity index (χ4v) is 1.73. The van der Waals surface area contributed by atoms with Gasteiger partial charge in [0.25, 0.3) is 6.43 Å². The molecule has 0 aliphatic heterocycles. The summed E-state index contributed by atoms with van der Waals surface area (Å²) in [5.41, 5.74) is -0.593. The molecule has 1 aromatic carbocycles. The van der Waals surface area contributed by atoms with Gasteiger partial charge in [-0.2, -0.15) is 0 Å². The summed E-state index contributed by atoms with van der Waals surface area (Å²) >= 11 is 5.73. The first-order valence-corrected chi connectivity index (χ1v) is 5.11. The lowest BCUT2D eigenvalue weighted by molar-refractivity contribution is 0.0996. The zero-order chi connectivity index (χ0) is 12.3. The number of ketones is 1. The molecule has 0 amide bonds. The molecule has 0 aliphatic carbocycles. The Morgan fingerprint density at radius 1 is 1.50 bits per heavy atom. The summed E-state index contributed by atoms with van der Waals surface area (Å²) in [7, 11) is 0. The van der Waals surface area contributed by atoms with E-state index in [1.165, 1.54) is 19.1 Å². The molecule has 1 rings (SSSR count). The highest BCUT2D eigenvalue weighted by Gasteiger charge is 2.23. The molecular formula is C11H11ClF2O2. The number of rotatable bonds is 4. The summed E-state index contributed by atoms with van der Waals surface area (Å²) in [6.45, 7) is 3.12. The van der Waals surface area contributed by atoms with Crippen molar-refractivity contribution in [2.45, 2.75) is 20.3 Å². The van der Waals surface area contributed by atoms with Gasteiger partial charge in [0.1, 0.15) is 5.75 Å². The molecule has 1 aromatic rings. The lowest BCUT2D eigenvalue weighted by Crippen LogP contribution is -2.05. The van der Waals surface area contributed by atoms with Crippen LogP contribution in [0.5, 0.6) is 5.75 Å². The molecule has 0 atom stereocenters. The van der Waals surface area contributed by atoms with Crippen molar-refractivity contribution < 1.29 is 18.3 Å². The van der Waals surface area contributed by atoms with Crippen molar-refractivity contribution in [1.29, 1.82) is 0 Å². The molecule has 2 nitrogen and oxygen atoms in total. The van der Waals surface area contributed by atoms with Crippen LogP contribution in [0.2, 0.25) is 5.02 Å². The van der Waals surface area contributed by atoms with E-state index in [0.29, 0.717) is 0 Å². The Bertz CT molecular complexity index is 405. The molecule has 0 bridgehead atoms. The van der Waals surface area contributed by atoms with E-state index in [-0.39, 0.29) is 22.9 Å². The van der Waals surface area contributed by atoms with Crippen LogP contribution in [0.1, 0.15) is 36.2 Å². The van der Waals surface area contributed by atoms with E-state index in [0.717, 1.165) is 0 Å². The average molecular weight is 249 g/mol. The van der Waals surface area contributed by atoms with Gasteiger partial charge in [0.05, 0.1) is 17.2 Å². The van der Waals surface area contributed by atoms with Crippen LogP contribution in [0, 0.1) is 0 Å². The average Bonchev–Trinajstić information content (AvgIpc) is 2.19. The molecule has 0 aliphatic rings. The molecule has 0 unspecified atom stereocenters. The van der Waals surface area contributed by atoms with Gasteiger partial charge in [-0.05, 0) is 26.0 Å². The van der Waals surface area contributed by atoms with Crippen LogP contribution in [0.4, 0.5) is 8.78 Å². The van der Waals surface area contributed by atoms with E-state index in [1.54, 1.807) is 6.92 Å². The van der Waals surface area contributed by atoms with E-state index in [1.807, 2.05) is 0 Å². The molecule has 0 saturated carbocycles. The molecule has 88 valence electrons. The maximum atomic E-state index is 12.9. The molecule has 0 fully saturated rings. The van der Waals surface area contributed by atoms with Crippen molar-refractivity contribution in [3.05, 3.63) is 28.3 Å². The van der Waals surface area contributed by atoms with Gasteiger partial charge in [-0.1, -0.05) is 11.6 Å². The van der Waals surface area contributed by atoms with E-state index >= 15 is 0 Å². The summed E-state index contributed by atoms with van der Waals surface area (Å²) in [5.74, 6) is -0.492. The Hall–Kier alpha value is -1.16. The van der Waals surface area contributed by atoms with Crippen molar-refractivity contribution in [2.75, 3.05) is 6.61 Å². The summed E-state index contributed by atoms with van der Waals surface area (Å²) < 4.78 is 30.8. The third-order valence-corrected chi connectivity index (χ3v) is 2.34. The quantitative estimate of drug-likeness (QED) is 0.756. The maximum Gasteiger partial charge on any atom is 0.268 e. The maximum absolute atomic E-state index is 12.9. The number of carbonyl (C=O) groups is 1. The molecule has 0 saturated heterocycles. The zero-order valence-electron chi connectivity index (χ0n) is 8.89. The van der Waals surface area contributed by atoms with Crippen LogP contribution < -0.4 is 4.74 Å². The molecule has 0 heterocycles. The standard InChI is InChI=1S/C11H11ClF2O2/c1-3-16-8-5-4-7(12)9(6(2)15)10(8)11(13)14/h4-5,11H,3H2,1-2H3. The van der Waals surface area contributed by atoms with Crippen molar-refractivity contribution in [3.63, 3.8) is 0 Å². The van der Waals surface area contributed by atoms with Gasteiger partial charge in [-0.25, -0.2) is 8.78 Å². The summed E-state index contributed by atoms with van der Waals surface area (Å²) in [4.78, 5) is 11.3. The van der Waals surface area contributed by atoms with Gasteiger partial charge in [-0.3, -0.25) is 4.79 Å². The molecule has 0 N–H and O–H groups in total. The van der Waals surface area contributed by atoms with Gasteiger partial charge in [0.2, 0.25) is 0 Å². The SMILES string of the molecule is CCOc1ccc(Cl)c(C(C)=O)c1C(F)F. The fourth-order valence-electron chi connectivity index (χ4n) is 1.43. The number of benzene rings is 1. The Kier molecular flexibility index (Phi) is 4.24. The number of hydrogen-bond donors (Lipinski definition) is 0. The number of carbonyl (C=O) groups excluding carboxylic acids is 1. The third-order valence-electron chi connectivity index (χ3n) is 2.02. The number of ether oxygens (including phenoxy) is 1. The van der Waals surface area contributed by atoms with Crippen molar-refractivity contribution >= 4 is 17.4 Å². The van der Waals surface area contributed by atoms with Crippen LogP contribution >= 0.6 is 11.6 Å². The molecule has 0 radical (unpaired) electrons. The van der Waals surface area contributed by atoms with Crippen LogP contribution in [0.15, 0.2) is 12.1 Å². The van der Waals surface area contributed by atoms with E-state index in [2.05, 4.69) is 0 Å². The predicted molar refractivity (Wildman–Crippen MR) is 57.6 cm³/mol. The topological polar surface area (TPSA) is 26.3 Å². The second-order valence-corrected chi connectivity index (χ2v) is 3.53. The molecule has 0 aromatic heterocycles. The minimum absolute atomic E-state index is 0.00657. The Balaban J connectivity index is 3.43. The Labute approximate surface area is 97.2 Å². The second kappa shape index (κ2) is 5.25. The van der Waals surface area contributed by atoms with E-state index < -0.39 is 17.8 Å². The van der Waals surface area contributed by atoms with Crippen LogP contribution in [-0.2, 0) is 0 Å². The number of alkyl halides is 2. The smallest absolute Gasteiger partial charge is 0.268 e. The summed E-state index contributed by atoms with van der Waals surface area (Å²) in [6, 6.07) is 2.73. The van der Waals surface area contributed by atoms with Gasteiger partial charge >= 0.3 is 0 Å². The first-order valence-electron chi connectivity index (χ1n) is 4.73. The number of hydrogen-bond acceptors (Lipinski definition) is 2. The minimum Gasteiger partial charge on any atom is -0.493 e. The number of Topliss-reactive ketones (excluding diaryl/α,β-unsaturated/α-hetero) is 1. The van der Waals surface area contributed by atoms with Gasteiger partial charge in [0, 0.05) is 5.56 Å². The van der Waals surface area contributed by atoms with Crippen LogP contribution in [-0.4, -0.2) is 12.4 Å². The van der Waals surface area contributed by atoms with Gasteiger partial charge < -0.3 is 4.74 Å². The zero-order valence-corrected chi connectivity index (χ0v) is 9.65. The van der Waals surface area contributed by atoms with E-state index in [9.17, 15) is 13.6 Å². The molecule has 5 heteroatoms. The molecule has 16 heavy (non-hydrogen) atoms. The largest absolute Gasteiger partial charge is 0.493 e. The van der Waals surface area contributed by atoms with Crippen LogP contribution in [0.25, 0.3) is 0 Å². The lowest BCUT2D eigenvalue weighted by Gasteiger charge is -2.14. The summed E-state index contributed by atoms with van der Waals surface area (Å²) in [5, 5.41) is 0.0197. The van der Waals surface area contributed by atoms with E-state index in [4.69, 9.17) is 16.3 Å². The number of halogens is 3. The minimum atomic E-state index is -2.79. The lowest BCUT2D eigenvalue weighted by atomic mass is 10.0. The second-order valence-electron chi connectivity index (χ2n) is 3.12. The predicted octanol–water partition coefficient (Wildman–Crippen LogP) is 3.88. The van der Waals surface area contributed by atoms with Crippen molar-refractivity contribution in [2.24, 2.45) is 0 Å². The first-order chi connectivity index (χ1) is 7.49. The normalized spacial score (nSPS) is 10.6. The highest BCUT2D eigenvalue weighted by atomic mass is 35.5. The van der Waals surface area contributed by atoms with Crippen LogP contribution in [0.3, 0.4) is 0 Å². The Morgan fingerprint density at radius 3 is 2.56 bits per heavy atom. The third kappa shape index (κ3) is 2.50. The summed E-state index contributed by atoms with van der Waals surface area (Å²) in [6.07, 6.45) is -2.79. The Morgan fingerprint density at radius 2 is 2.12 bits per heavy atom. The molecule has 0 spiro atoms. The van der Waals surface area contributed by atoms with Crippen molar-refractivity contribution in [1.82, 2.24) is 0 Å². The highest BCUT2D eigenvalue weighted by molar-refractivity contribution is 6.34.